The molecule has 0 aromatic heterocycles. The third-order valence-corrected chi connectivity index (χ3v) is 5.67. The van der Waals surface area contributed by atoms with Crippen LogP contribution in [0.2, 0.25) is 0 Å². The van der Waals surface area contributed by atoms with Gasteiger partial charge in [0, 0.05) is 17.3 Å². The second-order valence-electron chi connectivity index (χ2n) is 8.83. The minimum absolute atomic E-state index is 0.0183. The molecule has 5 heteroatoms. The molecule has 29 heavy (non-hydrogen) atoms. The Bertz CT molecular complexity index is 949. The molecule has 0 saturated carbocycles. The minimum Gasteiger partial charge on any atom is -0.364 e. The number of aryl methyl sites for hydroxylation is 1. The van der Waals surface area contributed by atoms with Gasteiger partial charge in [0.15, 0.2) is 0 Å². The summed E-state index contributed by atoms with van der Waals surface area (Å²) < 4.78 is 13.7. The summed E-state index contributed by atoms with van der Waals surface area (Å²) >= 11 is 0. The van der Waals surface area contributed by atoms with Gasteiger partial charge in [0.2, 0.25) is 0 Å². The highest BCUT2D eigenvalue weighted by atomic mass is 19.1. The maximum absolute atomic E-state index is 13.7. The van der Waals surface area contributed by atoms with E-state index >= 15 is 0 Å². The largest absolute Gasteiger partial charge is 0.364 e. The van der Waals surface area contributed by atoms with Gasteiger partial charge in [-0.1, -0.05) is 19.1 Å². The Labute approximate surface area is 172 Å². The number of fused-ring (bicyclic) bond motifs is 1. The summed E-state index contributed by atoms with van der Waals surface area (Å²) in [7, 11) is 0. The zero-order valence-electron chi connectivity index (χ0n) is 18.1. The van der Waals surface area contributed by atoms with E-state index in [1.807, 2.05) is 6.92 Å². The average molecular weight is 396 g/mol. The summed E-state index contributed by atoms with van der Waals surface area (Å²) in [6, 6.07) is 10.7. The lowest BCUT2D eigenvalue weighted by atomic mass is 9.78. The molecule has 1 amide bonds. The highest BCUT2D eigenvalue weighted by molar-refractivity contribution is 5.95. The number of rotatable bonds is 4. The molecule has 0 saturated heterocycles. The highest BCUT2D eigenvalue weighted by Gasteiger charge is 2.37. The van der Waals surface area contributed by atoms with Crippen LogP contribution in [-0.2, 0) is 0 Å². The predicted molar refractivity (Wildman–Crippen MR) is 117 cm³/mol. The monoisotopic (exact) mass is 395 g/mol. The molecule has 1 atom stereocenters. The standard InChI is InChI=1S/C24H30FN3O/c1-15(2)28-22-11-16(3)18(12-20(22)17(4)13-24(28,5)6)14-26-27-23(29)19-9-7-8-10-21(19)25/h7-12,14-15,17H,13H2,1-6H3,(H,27,29)/b26-14+. The third kappa shape index (κ3) is 4.19. The molecular weight excluding hydrogens is 365 g/mol. The zero-order valence-corrected chi connectivity index (χ0v) is 18.1. The second kappa shape index (κ2) is 7.97. The van der Waals surface area contributed by atoms with Crippen molar-refractivity contribution in [2.75, 3.05) is 4.90 Å². The SMILES string of the molecule is Cc1cc2c(cc1/C=N/NC(=O)c1ccccc1F)C(C)CC(C)(C)N2C(C)C. The number of hydrogen-bond acceptors (Lipinski definition) is 3. The van der Waals surface area contributed by atoms with Crippen molar-refractivity contribution in [3.05, 3.63) is 64.5 Å². The van der Waals surface area contributed by atoms with Crippen molar-refractivity contribution in [3.63, 3.8) is 0 Å². The van der Waals surface area contributed by atoms with Crippen LogP contribution in [-0.4, -0.2) is 23.7 Å². The maximum Gasteiger partial charge on any atom is 0.274 e. The van der Waals surface area contributed by atoms with Crippen molar-refractivity contribution < 1.29 is 9.18 Å². The molecule has 1 aliphatic heterocycles. The Kier molecular flexibility index (Phi) is 5.78. The fraction of sp³-hybridized carbons (Fsp3) is 0.417. The molecule has 0 radical (unpaired) electrons. The number of nitrogens with zero attached hydrogens (tertiary/aromatic N) is 2. The number of amides is 1. The smallest absolute Gasteiger partial charge is 0.274 e. The number of carbonyl (C=O) groups is 1. The van der Waals surface area contributed by atoms with Crippen molar-refractivity contribution in [2.24, 2.45) is 5.10 Å². The first-order valence-electron chi connectivity index (χ1n) is 10.1. The van der Waals surface area contributed by atoms with E-state index in [0.29, 0.717) is 12.0 Å². The number of hydrogen-bond donors (Lipinski definition) is 1. The molecular formula is C24H30FN3O. The molecule has 154 valence electrons. The Balaban J connectivity index is 1.87. The van der Waals surface area contributed by atoms with Crippen molar-refractivity contribution in [1.29, 1.82) is 0 Å². The van der Waals surface area contributed by atoms with Gasteiger partial charge in [0.1, 0.15) is 5.82 Å². The van der Waals surface area contributed by atoms with Gasteiger partial charge in [0.05, 0.1) is 11.8 Å². The van der Waals surface area contributed by atoms with Crippen molar-refractivity contribution in [3.8, 4) is 0 Å². The van der Waals surface area contributed by atoms with Crippen LogP contribution in [0.4, 0.5) is 10.1 Å². The molecule has 2 aromatic rings. The van der Waals surface area contributed by atoms with Crippen LogP contribution in [0.3, 0.4) is 0 Å². The lowest BCUT2D eigenvalue weighted by Crippen LogP contribution is -2.51. The van der Waals surface area contributed by atoms with Crippen LogP contribution in [0.25, 0.3) is 0 Å². The summed E-state index contributed by atoms with van der Waals surface area (Å²) in [5.74, 6) is -0.692. The topological polar surface area (TPSA) is 44.7 Å². The molecule has 0 bridgehead atoms. The molecule has 0 aliphatic carbocycles. The first kappa shape index (κ1) is 21.0. The Morgan fingerprint density at radius 2 is 2.00 bits per heavy atom. The van der Waals surface area contributed by atoms with Crippen LogP contribution in [0.1, 0.15) is 74.0 Å². The van der Waals surface area contributed by atoms with Crippen LogP contribution in [0.15, 0.2) is 41.5 Å². The van der Waals surface area contributed by atoms with E-state index in [9.17, 15) is 9.18 Å². The van der Waals surface area contributed by atoms with E-state index in [4.69, 9.17) is 0 Å². The van der Waals surface area contributed by atoms with Gasteiger partial charge in [-0.15, -0.1) is 0 Å². The quantitative estimate of drug-likeness (QED) is 0.556. The first-order chi connectivity index (χ1) is 13.6. The van der Waals surface area contributed by atoms with Gasteiger partial charge >= 0.3 is 0 Å². The van der Waals surface area contributed by atoms with Crippen LogP contribution < -0.4 is 10.3 Å². The third-order valence-electron chi connectivity index (χ3n) is 5.67. The summed E-state index contributed by atoms with van der Waals surface area (Å²) in [6.45, 7) is 13.4. The van der Waals surface area contributed by atoms with Crippen molar-refractivity contribution in [1.82, 2.24) is 5.43 Å². The molecule has 1 aliphatic rings. The van der Waals surface area contributed by atoms with Crippen molar-refractivity contribution >= 4 is 17.8 Å². The Morgan fingerprint density at radius 3 is 2.66 bits per heavy atom. The Hall–Kier alpha value is -2.69. The number of benzene rings is 2. The highest BCUT2D eigenvalue weighted by Crippen LogP contribution is 2.45. The predicted octanol–water partition coefficient (Wildman–Crippen LogP) is 5.40. The van der Waals surface area contributed by atoms with Gasteiger partial charge in [0.25, 0.3) is 5.91 Å². The number of hydrazone groups is 1. The normalized spacial score (nSPS) is 18.2. The van der Waals surface area contributed by atoms with E-state index in [-0.39, 0.29) is 11.1 Å². The first-order valence-corrected chi connectivity index (χ1v) is 10.1. The zero-order chi connectivity index (χ0) is 21.3. The number of nitrogens with one attached hydrogen (secondary N) is 1. The van der Waals surface area contributed by atoms with Gasteiger partial charge in [-0.2, -0.15) is 5.10 Å². The summed E-state index contributed by atoms with van der Waals surface area (Å²) in [5.41, 5.74) is 7.11. The molecule has 3 rings (SSSR count). The Morgan fingerprint density at radius 1 is 1.31 bits per heavy atom. The van der Waals surface area contributed by atoms with E-state index < -0.39 is 11.7 Å². The maximum atomic E-state index is 13.7. The molecule has 0 fully saturated rings. The van der Waals surface area contributed by atoms with Crippen LogP contribution >= 0.6 is 0 Å². The molecule has 1 N–H and O–H groups in total. The molecule has 0 spiro atoms. The van der Waals surface area contributed by atoms with E-state index in [1.165, 1.54) is 23.4 Å². The lowest BCUT2D eigenvalue weighted by Gasteiger charge is -2.50. The number of halogens is 1. The van der Waals surface area contributed by atoms with Crippen molar-refractivity contribution in [2.45, 2.75) is 65.5 Å². The van der Waals surface area contributed by atoms with Gasteiger partial charge in [-0.3, -0.25) is 4.79 Å². The average Bonchev–Trinajstić information content (AvgIpc) is 2.61. The van der Waals surface area contributed by atoms with Gasteiger partial charge in [-0.05, 0) is 87.9 Å². The fourth-order valence-electron chi connectivity index (χ4n) is 4.60. The van der Waals surface area contributed by atoms with Gasteiger partial charge < -0.3 is 4.90 Å². The summed E-state index contributed by atoms with van der Waals surface area (Å²) in [5, 5.41) is 4.07. The number of carbonyl (C=O) groups excluding carboxylic acids is 1. The molecule has 1 heterocycles. The molecule has 2 aromatic carbocycles. The lowest BCUT2D eigenvalue weighted by molar-refractivity contribution is 0.0951. The minimum atomic E-state index is -0.560. The van der Waals surface area contributed by atoms with E-state index in [1.54, 1.807) is 18.3 Å². The summed E-state index contributed by atoms with van der Waals surface area (Å²) in [4.78, 5) is 14.6. The van der Waals surface area contributed by atoms with E-state index in [2.05, 4.69) is 62.2 Å². The number of anilines is 1. The van der Waals surface area contributed by atoms with Crippen LogP contribution in [0, 0.1) is 12.7 Å². The molecule has 4 nitrogen and oxygen atoms in total. The summed E-state index contributed by atoms with van der Waals surface area (Å²) in [6.07, 6.45) is 2.71. The fourth-order valence-corrected chi connectivity index (χ4v) is 4.60. The molecule has 1 unspecified atom stereocenters. The van der Waals surface area contributed by atoms with E-state index in [0.717, 1.165) is 17.5 Å². The van der Waals surface area contributed by atoms with Gasteiger partial charge in [-0.25, -0.2) is 9.82 Å². The van der Waals surface area contributed by atoms with Crippen LogP contribution in [0.5, 0.6) is 0 Å². The second-order valence-corrected chi connectivity index (χ2v) is 8.83.